The Bertz CT molecular complexity index is 4140. The van der Waals surface area contributed by atoms with Gasteiger partial charge in [-0.1, -0.05) is 88.4 Å². The molecule has 0 fully saturated rings. The Morgan fingerprint density at radius 2 is 0.731 bits per heavy atom. The molecule has 0 spiro atoms. The molecule has 15 atom stereocenters. The summed E-state index contributed by atoms with van der Waals surface area (Å²) < 4.78 is 0. The van der Waals surface area contributed by atoms with Gasteiger partial charge in [0.05, 0.1) is 44.8 Å². The first kappa shape index (κ1) is 113. The summed E-state index contributed by atoms with van der Waals surface area (Å²) in [5, 5.41) is 60.5. The van der Waals surface area contributed by atoms with Crippen LogP contribution in [-0.2, 0) is 104 Å². The average Bonchev–Trinajstić information content (AvgIpc) is 0.850. The predicted octanol–water partition coefficient (Wildman–Crippen LogP) is -11.3. The van der Waals surface area contributed by atoms with Gasteiger partial charge in [-0.15, -0.1) is 0 Å². The highest BCUT2D eigenvalue weighted by Crippen LogP contribution is 2.14. The average molecular weight is 1840 g/mol. The Hall–Kier alpha value is -13.3. The minimum atomic E-state index is -1.84. The van der Waals surface area contributed by atoms with E-state index in [1.54, 1.807) is 74.5 Å². The maximum absolute atomic E-state index is 14.5. The molecule has 2 aromatic carbocycles. The monoisotopic (exact) mass is 1840 g/mol. The third-order valence-electron chi connectivity index (χ3n) is 19.6. The highest BCUT2D eigenvalue weighted by Gasteiger charge is 2.38. The van der Waals surface area contributed by atoms with Gasteiger partial charge in [0, 0.05) is 25.9 Å². The third kappa shape index (κ3) is 45.4. The maximum atomic E-state index is 14.5. The Morgan fingerprint density at radius 3 is 1.16 bits per heavy atom. The van der Waals surface area contributed by atoms with Crippen LogP contribution >= 0.6 is 0 Å². The van der Waals surface area contributed by atoms with Crippen LogP contribution in [0.4, 0.5) is 0 Å². The van der Waals surface area contributed by atoms with Crippen molar-refractivity contribution in [1.82, 2.24) is 85.1 Å². The first-order chi connectivity index (χ1) is 61.5. The number of aliphatic imine (C=N–C) groups is 2. The molecule has 130 heavy (non-hydrogen) atoms. The molecule has 0 saturated carbocycles. The summed E-state index contributed by atoms with van der Waals surface area (Å²) in [6, 6.07) is -3.80. The number of amides is 19. The van der Waals surface area contributed by atoms with Crippen LogP contribution in [0, 0.1) is 5.92 Å². The van der Waals surface area contributed by atoms with E-state index in [0.29, 0.717) is 18.4 Å². The zero-order chi connectivity index (χ0) is 97.7. The van der Waals surface area contributed by atoms with E-state index in [2.05, 4.69) is 95.1 Å². The summed E-state index contributed by atoms with van der Waals surface area (Å²) in [7, 11) is 0. The minimum absolute atomic E-state index is 0.0249. The first-order valence-corrected chi connectivity index (χ1v) is 42.7. The number of guanidine groups is 2. The van der Waals surface area contributed by atoms with Crippen LogP contribution in [0.3, 0.4) is 0 Å². The number of nitrogens with one attached hydrogen (secondary N) is 16. The molecule has 49 nitrogen and oxygen atoms in total. The fraction of sp³-hybridized carbons (Fsp3) is 0.593. The van der Waals surface area contributed by atoms with Crippen LogP contribution in [0.1, 0.15) is 155 Å². The van der Waals surface area contributed by atoms with Gasteiger partial charge in [0.25, 0.3) is 0 Å². The molecule has 19 amide bonds. The van der Waals surface area contributed by atoms with Gasteiger partial charge in [-0.05, 0) is 140 Å². The van der Waals surface area contributed by atoms with Gasteiger partial charge < -0.3 is 153 Å². The van der Waals surface area contributed by atoms with Crippen molar-refractivity contribution >= 4 is 124 Å². The molecule has 2 aromatic rings. The van der Waals surface area contributed by atoms with E-state index in [4.69, 9.17) is 57.3 Å². The first-order valence-electron chi connectivity index (χ1n) is 42.7. The van der Waals surface area contributed by atoms with Crippen LogP contribution in [0.2, 0.25) is 0 Å². The summed E-state index contributed by atoms with van der Waals surface area (Å²) in [5.41, 5.74) is 57.1. The normalized spacial score (nSPS) is 14.4. The Morgan fingerprint density at radius 1 is 0.362 bits per heavy atom. The van der Waals surface area contributed by atoms with Gasteiger partial charge >= 0.3 is 0 Å². The number of carbonyl (C=O) groups excluding carboxylic acids is 19. The molecule has 0 aromatic heterocycles. The zero-order valence-corrected chi connectivity index (χ0v) is 74.2. The lowest BCUT2D eigenvalue weighted by Crippen LogP contribution is -2.61. The summed E-state index contributed by atoms with van der Waals surface area (Å²) >= 11 is 0. The van der Waals surface area contributed by atoms with Crippen LogP contribution in [0.25, 0.3) is 0 Å². The van der Waals surface area contributed by atoms with E-state index in [9.17, 15) is 101 Å². The van der Waals surface area contributed by atoms with Crippen molar-refractivity contribution in [3.05, 3.63) is 71.8 Å². The second kappa shape index (κ2) is 61.2. The number of hydrogen-bond acceptors (Lipinski definition) is 26. The number of carbonyl (C=O) groups is 19. The van der Waals surface area contributed by atoms with Gasteiger partial charge in [0.15, 0.2) is 11.9 Å². The highest BCUT2D eigenvalue weighted by molar-refractivity contribution is 6.01. The summed E-state index contributed by atoms with van der Waals surface area (Å²) in [5.74, 6) is -19.2. The Balaban J connectivity index is 2.36. The van der Waals surface area contributed by atoms with Crippen molar-refractivity contribution in [3.63, 3.8) is 0 Å². The van der Waals surface area contributed by atoms with Gasteiger partial charge in [-0.2, -0.15) is 0 Å². The number of aliphatic hydroxyl groups is 2. The van der Waals surface area contributed by atoms with Crippen molar-refractivity contribution in [2.45, 2.75) is 248 Å². The number of nitrogens with two attached hydrogens (primary N) is 10. The molecule has 0 aliphatic heterocycles. The topological polar surface area (TPSA) is 842 Å². The second-order valence-electron chi connectivity index (χ2n) is 31.1. The molecule has 0 unspecified atom stereocenters. The van der Waals surface area contributed by atoms with E-state index in [-0.39, 0.29) is 140 Å². The molecule has 0 heterocycles. The lowest BCUT2D eigenvalue weighted by atomic mass is 10.0. The molecule has 38 N–H and O–H groups in total. The van der Waals surface area contributed by atoms with Gasteiger partial charge in [-0.3, -0.25) is 101 Å². The third-order valence-corrected chi connectivity index (χ3v) is 19.6. The van der Waals surface area contributed by atoms with Crippen molar-refractivity contribution < 1.29 is 101 Å². The van der Waals surface area contributed by atoms with E-state index >= 15 is 0 Å². The summed E-state index contributed by atoms with van der Waals surface area (Å²) in [4.78, 5) is 264. The van der Waals surface area contributed by atoms with Crippen LogP contribution in [0.5, 0.6) is 0 Å². The summed E-state index contributed by atoms with van der Waals surface area (Å²) in [6.45, 7) is 5.73. The predicted molar refractivity (Wildman–Crippen MR) is 474 cm³/mol. The van der Waals surface area contributed by atoms with E-state index in [1.807, 2.05) is 0 Å². The SMILES string of the molecule is CC[C@H](NC(=O)CNC(=O)[C@@H](NC(=O)[C@H](Cc1ccccc1)NC(=O)CNC(=O)CNC(=O)[C@@H](N)Cc1ccccc1)[C@@H](C)O)C(=O)N[C@@H](CCCN=C(N)N)C(=O)N[C@@H](CCCCN)C(=O)N[C@@H](CO)C(=O)N[C@@H](CC)C(=O)N[C@@H](CCCN=C(N)N)C(=O)N[C@@H](CCCCN)C(=O)N[C@@H](CC(C)C)C(=O)N[C@@H](C)C(=O)N[C@@H](CC(N)=O)C(=O)N[C@@H](CCC(N)=O)C(N)=O. The number of primary amides is 3. The van der Waals surface area contributed by atoms with Gasteiger partial charge in [0.2, 0.25) is 112 Å². The number of unbranched alkanes of at least 4 members (excludes halogenated alkanes) is 2. The molecule has 0 bridgehead atoms. The number of rotatable bonds is 64. The quantitative estimate of drug-likeness (QED) is 0.0166. The molecule has 0 radical (unpaired) electrons. The number of benzene rings is 2. The van der Waals surface area contributed by atoms with Crippen molar-refractivity contribution in [2.75, 3.05) is 52.4 Å². The van der Waals surface area contributed by atoms with E-state index in [1.165, 1.54) is 20.8 Å². The second-order valence-corrected chi connectivity index (χ2v) is 31.1. The molecule has 0 aliphatic carbocycles. The standard InChI is InChI=1S/C81H134N28O21/c1-7-49(98-64(116)41-96-79(130)65(45(6)111)109-77(128)57(37-47-23-13-10-14-24-47)99-63(115)40-94-62(114)39-95-68(119)48(84)36-46-21-11-9-12-22-46)69(120)102-54(27-19-33-92-80(88)89)71(122)105-53(26-16-18-32-83)74(125)108-59(42-110)78(129)100-50(8-2)70(121)103-55(28-20-34-93-81(90)91)72(123)104-52(25-15-17-31-82)73(124)107-56(35-43(3)4)75(126)97-44(5)67(118)106-58(38-61(86)113)76(127)101-51(66(87)117)29-30-60(85)112/h9-14,21-24,43-45,48-59,65,110-111H,7-8,15-20,25-42,82-84H2,1-6H3,(H2,85,112)(H2,86,113)(H2,87,117)(H,94,114)(H,95,119)(H,96,130)(H,97,126)(H,98,116)(H,99,115)(H,100,129)(H,101,127)(H,102,120)(H,103,121)(H,104,123)(H,105,122)(H,106,118)(H,107,124)(H,108,125)(H,109,128)(H4,88,89,92)(H4,90,91,93)/t44-,45+,48-,49-,50-,51-,52-,53-,54-,55-,56-,57-,58-,59-,65-/m0/s1. The summed E-state index contributed by atoms with van der Waals surface area (Å²) in [6.07, 6.45) is -3.00. The molecule has 2 rings (SSSR count). The van der Waals surface area contributed by atoms with Crippen LogP contribution in [-0.4, -0.2) is 277 Å². The van der Waals surface area contributed by atoms with Gasteiger partial charge in [-0.25, -0.2) is 0 Å². The van der Waals surface area contributed by atoms with Crippen LogP contribution < -0.4 is 142 Å². The lowest BCUT2D eigenvalue weighted by Gasteiger charge is -2.28. The highest BCUT2D eigenvalue weighted by atomic mass is 16.3. The van der Waals surface area contributed by atoms with Crippen molar-refractivity contribution in [3.8, 4) is 0 Å². The molecule has 0 saturated heterocycles. The largest absolute Gasteiger partial charge is 0.394 e. The fourth-order valence-electron chi connectivity index (χ4n) is 12.5. The maximum Gasteiger partial charge on any atom is 0.245 e. The zero-order valence-electron chi connectivity index (χ0n) is 74.2. The molecule has 724 valence electrons. The Labute approximate surface area is 752 Å². The van der Waals surface area contributed by atoms with Gasteiger partial charge in [0.1, 0.15) is 78.5 Å². The number of aliphatic hydroxyl groups excluding tert-OH is 2. The molecule has 0 aliphatic rings. The number of hydrogen-bond donors (Lipinski definition) is 28. The molecular weight excluding hydrogens is 1700 g/mol. The Kier molecular flexibility index (Phi) is 53.1. The minimum Gasteiger partial charge on any atom is -0.394 e. The molecular formula is C81H134N28O21. The fourth-order valence-corrected chi connectivity index (χ4v) is 12.5. The van der Waals surface area contributed by atoms with Crippen LogP contribution in [0.15, 0.2) is 70.6 Å². The van der Waals surface area contributed by atoms with E-state index < -0.39 is 236 Å². The smallest absolute Gasteiger partial charge is 0.245 e. The number of nitrogens with zero attached hydrogens (tertiary/aromatic N) is 2. The van der Waals surface area contributed by atoms with E-state index in [0.717, 1.165) is 12.5 Å². The van der Waals surface area contributed by atoms with Crippen molar-refractivity contribution in [1.29, 1.82) is 0 Å². The molecule has 49 heteroatoms. The lowest BCUT2D eigenvalue weighted by molar-refractivity contribution is -0.136. The van der Waals surface area contributed by atoms with Crippen molar-refractivity contribution in [2.24, 2.45) is 73.2 Å².